The predicted molar refractivity (Wildman–Crippen MR) is 34.7 cm³/mol. The molecule has 0 heterocycles. The minimum Gasteiger partial charge on any atom is -0.489 e. The Balaban J connectivity index is 3.52. The maximum absolute atomic E-state index is 10.2. The third-order valence-corrected chi connectivity index (χ3v) is 1.33. The first kappa shape index (κ1) is 7.53. The summed E-state index contributed by atoms with van der Waals surface area (Å²) in [5.41, 5.74) is 0. The average molecular weight is 114 g/mol. The van der Waals surface area contributed by atoms with Gasteiger partial charge in [0.05, 0.1) is 0 Å². The fourth-order valence-corrected chi connectivity index (χ4v) is 0.638. The Labute approximate surface area is 50.0 Å². The van der Waals surface area contributed by atoms with Crippen molar-refractivity contribution in [1.82, 2.24) is 0 Å². The second-order valence-corrected chi connectivity index (χ2v) is 1.85. The molecule has 2 nitrogen and oxygen atoms in total. The lowest BCUT2D eigenvalue weighted by molar-refractivity contribution is 0.218. The fraction of sp³-hybridized carbons (Fsp3) is 0.800. The molecule has 0 bridgehead atoms. The van der Waals surface area contributed by atoms with Crippen LogP contribution in [0.5, 0.6) is 0 Å². The van der Waals surface area contributed by atoms with Crippen LogP contribution in [-0.4, -0.2) is 17.7 Å². The van der Waals surface area contributed by atoms with E-state index < -0.39 is 5.87 Å². The van der Waals surface area contributed by atoms with Crippen LogP contribution in [0, 0.1) is 0 Å². The molecule has 0 fully saturated rings. The Hall–Kier alpha value is -0.465. The van der Waals surface area contributed by atoms with Gasteiger partial charge >= 0.3 is 0 Å². The van der Waals surface area contributed by atoms with E-state index in [2.05, 4.69) is 0 Å². The summed E-state index contributed by atoms with van der Waals surface area (Å²) >= 11 is 0. The average Bonchev–Trinajstić information content (AvgIpc) is 1.69. The van der Waals surface area contributed by atoms with Gasteiger partial charge < -0.3 is 5.11 Å². The standard InChI is InChI=1S/C5H11BO2/c1-3-6(4-2)5(7)8/h3-4H2,1-2H3,(H,7,8). The van der Waals surface area contributed by atoms with Crippen molar-refractivity contribution in [3.63, 3.8) is 0 Å². The van der Waals surface area contributed by atoms with E-state index in [1.165, 1.54) is 0 Å². The molecule has 0 aliphatic heterocycles. The Kier molecular flexibility index (Phi) is 3.32. The molecule has 0 aromatic rings. The zero-order chi connectivity index (χ0) is 6.57. The Morgan fingerprint density at radius 3 is 1.88 bits per heavy atom. The van der Waals surface area contributed by atoms with Crippen LogP contribution in [0.1, 0.15) is 13.8 Å². The van der Waals surface area contributed by atoms with Crippen LogP contribution in [0.25, 0.3) is 0 Å². The van der Waals surface area contributed by atoms with Crippen molar-refractivity contribution in [3.05, 3.63) is 0 Å². The quantitative estimate of drug-likeness (QED) is 0.567. The van der Waals surface area contributed by atoms with E-state index in [0.717, 1.165) is 12.6 Å². The van der Waals surface area contributed by atoms with Crippen LogP contribution in [0.3, 0.4) is 0 Å². The van der Waals surface area contributed by atoms with E-state index in [4.69, 9.17) is 5.11 Å². The minimum atomic E-state index is -0.671. The third kappa shape index (κ3) is 2.00. The van der Waals surface area contributed by atoms with Crippen molar-refractivity contribution in [1.29, 1.82) is 0 Å². The molecular formula is C5H11BO2. The van der Waals surface area contributed by atoms with Crippen LogP contribution >= 0.6 is 0 Å². The SMILES string of the molecule is CCB(CC)C(=O)O. The van der Waals surface area contributed by atoms with Crippen molar-refractivity contribution in [2.45, 2.75) is 26.5 Å². The molecule has 0 aromatic carbocycles. The lowest BCUT2D eigenvalue weighted by Crippen LogP contribution is -2.20. The normalized spacial score (nSPS) is 8.75. The van der Waals surface area contributed by atoms with Gasteiger partial charge in [-0.1, -0.05) is 26.5 Å². The van der Waals surface area contributed by atoms with Gasteiger partial charge in [-0.25, -0.2) is 0 Å². The number of carboxylic acid groups (broad SMARTS) is 1. The maximum Gasteiger partial charge on any atom is 0.277 e. The predicted octanol–water partition coefficient (Wildman–Crippen LogP) is 1.78. The summed E-state index contributed by atoms with van der Waals surface area (Å²) in [6.45, 7) is 3.65. The van der Waals surface area contributed by atoms with Crippen LogP contribution < -0.4 is 0 Å². The van der Waals surface area contributed by atoms with E-state index in [-0.39, 0.29) is 6.71 Å². The molecule has 0 aromatic heterocycles. The molecule has 8 heavy (non-hydrogen) atoms. The second kappa shape index (κ2) is 3.53. The van der Waals surface area contributed by atoms with Gasteiger partial charge in [0.15, 0.2) is 0 Å². The highest BCUT2D eigenvalue weighted by molar-refractivity contribution is 6.88. The monoisotopic (exact) mass is 114 g/mol. The Morgan fingerprint density at radius 1 is 1.50 bits per heavy atom. The summed E-state index contributed by atoms with van der Waals surface area (Å²) in [5.74, 6) is -0.671. The topological polar surface area (TPSA) is 37.3 Å². The molecule has 0 rings (SSSR count). The number of hydrogen-bond acceptors (Lipinski definition) is 1. The first-order valence-electron chi connectivity index (χ1n) is 2.95. The molecule has 0 radical (unpaired) electrons. The zero-order valence-corrected chi connectivity index (χ0v) is 5.35. The van der Waals surface area contributed by atoms with Gasteiger partial charge in [-0.2, -0.15) is 0 Å². The van der Waals surface area contributed by atoms with Crippen molar-refractivity contribution in [2.75, 3.05) is 0 Å². The summed E-state index contributed by atoms with van der Waals surface area (Å²) < 4.78 is 0. The molecule has 0 saturated carbocycles. The molecule has 0 atom stereocenters. The molecule has 0 saturated heterocycles. The molecule has 0 amide bonds. The second-order valence-electron chi connectivity index (χ2n) is 1.85. The number of rotatable bonds is 3. The van der Waals surface area contributed by atoms with E-state index in [1.54, 1.807) is 0 Å². The molecule has 46 valence electrons. The van der Waals surface area contributed by atoms with E-state index in [0.29, 0.717) is 0 Å². The molecule has 0 aliphatic carbocycles. The van der Waals surface area contributed by atoms with Crippen LogP contribution in [-0.2, 0) is 0 Å². The van der Waals surface area contributed by atoms with Gasteiger partial charge in [-0.05, 0) is 0 Å². The minimum absolute atomic E-state index is 0.130. The van der Waals surface area contributed by atoms with Crippen molar-refractivity contribution >= 4 is 12.6 Å². The number of hydrogen-bond donors (Lipinski definition) is 1. The summed E-state index contributed by atoms with van der Waals surface area (Å²) in [4.78, 5) is 10.2. The lowest BCUT2D eigenvalue weighted by atomic mass is 9.46. The smallest absolute Gasteiger partial charge is 0.277 e. The van der Waals surface area contributed by atoms with Crippen molar-refractivity contribution in [3.8, 4) is 0 Å². The first-order valence-corrected chi connectivity index (χ1v) is 2.95. The molecule has 0 aliphatic rings. The van der Waals surface area contributed by atoms with E-state index >= 15 is 0 Å². The maximum atomic E-state index is 10.2. The molecule has 3 heteroatoms. The van der Waals surface area contributed by atoms with E-state index in [1.807, 2.05) is 13.8 Å². The summed E-state index contributed by atoms with van der Waals surface area (Å²) in [7, 11) is 0. The van der Waals surface area contributed by atoms with Crippen LogP contribution in [0.15, 0.2) is 0 Å². The summed E-state index contributed by atoms with van der Waals surface area (Å²) in [6.07, 6.45) is 1.48. The van der Waals surface area contributed by atoms with Gasteiger partial charge in [0.2, 0.25) is 5.87 Å². The Morgan fingerprint density at radius 2 is 1.88 bits per heavy atom. The van der Waals surface area contributed by atoms with Crippen LogP contribution in [0.2, 0.25) is 12.6 Å². The molecule has 1 N–H and O–H groups in total. The third-order valence-electron chi connectivity index (χ3n) is 1.33. The highest BCUT2D eigenvalue weighted by Crippen LogP contribution is 1.97. The highest BCUT2D eigenvalue weighted by atomic mass is 16.4. The van der Waals surface area contributed by atoms with Gasteiger partial charge in [-0.3, -0.25) is 4.79 Å². The Bertz CT molecular complexity index is 78.5. The first-order chi connectivity index (χ1) is 3.72. The van der Waals surface area contributed by atoms with Gasteiger partial charge in [0, 0.05) is 0 Å². The van der Waals surface area contributed by atoms with E-state index in [9.17, 15) is 4.79 Å². The van der Waals surface area contributed by atoms with Gasteiger partial charge in [0.1, 0.15) is 0 Å². The largest absolute Gasteiger partial charge is 0.489 e. The molecule has 0 unspecified atom stereocenters. The summed E-state index contributed by atoms with van der Waals surface area (Å²) in [6, 6.07) is 0. The zero-order valence-electron chi connectivity index (χ0n) is 5.35. The van der Waals surface area contributed by atoms with Crippen LogP contribution in [0.4, 0.5) is 4.79 Å². The number of carbonyl (C=O) groups is 1. The highest BCUT2D eigenvalue weighted by Gasteiger charge is 2.16. The molecule has 0 spiro atoms. The molecular weight excluding hydrogens is 103 g/mol. The lowest BCUT2D eigenvalue weighted by Gasteiger charge is -1.97. The fourth-order valence-electron chi connectivity index (χ4n) is 0.638. The van der Waals surface area contributed by atoms with Crippen molar-refractivity contribution in [2.24, 2.45) is 0 Å². The van der Waals surface area contributed by atoms with Crippen molar-refractivity contribution < 1.29 is 9.90 Å². The van der Waals surface area contributed by atoms with Gasteiger partial charge in [0.25, 0.3) is 6.71 Å². The van der Waals surface area contributed by atoms with Gasteiger partial charge in [-0.15, -0.1) is 0 Å². The summed E-state index contributed by atoms with van der Waals surface area (Å²) in [5, 5.41) is 8.37.